The standard InChI is InChI=1S/C21H21N3/c1-3-9-18(10-4-1)24(19-11-5-2-6-12-19)20-13-7-8-17(16-20)21-22-14-15-23-21/h1-13,16,21-23H,14-15H2. The van der Waals surface area contributed by atoms with Crippen LogP contribution in [0.2, 0.25) is 0 Å². The molecule has 0 spiro atoms. The minimum atomic E-state index is 0.235. The van der Waals surface area contributed by atoms with Gasteiger partial charge in [0, 0.05) is 30.2 Å². The van der Waals surface area contributed by atoms with Crippen LogP contribution in [0, 0.1) is 0 Å². The summed E-state index contributed by atoms with van der Waals surface area (Å²) < 4.78 is 0. The van der Waals surface area contributed by atoms with E-state index in [0.717, 1.165) is 24.5 Å². The number of para-hydroxylation sites is 2. The van der Waals surface area contributed by atoms with Crippen LogP contribution < -0.4 is 15.5 Å². The second-order valence-corrected chi connectivity index (χ2v) is 5.94. The molecule has 0 saturated carbocycles. The van der Waals surface area contributed by atoms with Crippen molar-refractivity contribution in [3.63, 3.8) is 0 Å². The molecule has 1 saturated heterocycles. The first-order chi connectivity index (χ1) is 11.9. The molecule has 120 valence electrons. The SMILES string of the molecule is c1ccc(N(c2ccccc2)c2cccc(C3NCCN3)c2)cc1. The van der Waals surface area contributed by atoms with E-state index >= 15 is 0 Å². The Morgan fingerprint density at radius 2 is 1.17 bits per heavy atom. The molecule has 0 bridgehead atoms. The summed E-state index contributed by atoms with van der Waals surface area (Å²) in [5.74, 6) is 0. The molecule has 1 aliphatic heterocycles. The van der Waals surface area contributed by atoms with Gasteiger partial charge < -0.3 is 4.90 Å². The van der Waals surface area contributed by atoms with Crippen molar-refractivity contribution in [1.82, 2.24) is 10.6 Å². The van der Waals surface area contributed by atoms with Gasteiger partial charge in [-0.25, -0.2) is 0 Å². The van der Waals surface area contributed by atoms with Gasteiger partial charge in [0.1, 0.15) is 0 Å². The van der Waals surface area contributed by atoms with Crippen LogP contribution in [0.25, 0.3) is 0 Å². The zero-order chi connectivity index (χ0) is 16.2. The highest BCUT2D eigenvalue weighted by Gasteiger charge is 2.17. The molecule has 1 heterocycles. The fraction of sp³-hybridized carbons (Fsp3) is 0.143. The molecule has 3 aromatic rings. The first kappa shape index (κ1) is 14.9. The number of nitrogens with zero attached hydrogens (tertiary/aromatic N) is 1. The van der Waals surface area contributed by atoms with Crippen molar-refractivity contribution < 1.29 is 0 Å². The highest BCUT2D eigenvalue weighted by molar-refractivity contribution is 5.76. The van der Waals surface area contributed by atoms with E-state index in [1.807, 2.05) is 0 Å². The van der Waals surface area contributed by atoms with E-state index in [4.69, 9.17) is 0 Å². The van der Waals surface area contributed by atoms with E-state index in [1.165, 1.54) is 11.3 Å². The van der Waals surface area contributed by atoms with Gasteiger partial charge in [-0.15, -0.1) is 0 Å². The van der Waals surface area contributed by atoms with Crippen LogP contribution in [0.15, 0.2) is 84.9 Å². The van der Waals surface area contributed by atoms with Gasteiger partial charge in [0.2, 0.25) is 0 Å². The predicted octanol–water partition coefficient (Wildman–Crippen LogP) is 4.35. The zero-order valence-electron chi connectivity index (χ0n) is 13.5. The molecule has 4 rings (SSSR count). The van der Waals surface area contributed by atoms with Crippen LogP contribution in [0.4, 0.5) is 17.1 Å². The lowest BCUT2D eigenvalue weighted by Gasteiger charge is -2.26. The summed E-state index contributed by atoms with van der Waals surface area (Å²) in [6.45, 7) is 2.02. The Kier molecular flexibility index (Phi) is 4.28. The number of rotatable bonds is 4. The van der Waals surface area contributed by atoms with E-state index in [1.54, 1.807) is 0 Å². The van der Waals surface area contributed by atoms with Crippen molar-refractivity contribution in [2.45, 2.75) is 6.17 Å². The molecule has 0 unspecified atom stereocenters. The van der Waals surface area contributed by atoms with E-state index in [9.17, 15) is 0 Å². The van der Waals surface area contributed by atoms with Crippen molar-refractivity contribution in [2.24, 2.45) is 0 Å². The molecular weight excluding hydrogens is 294 g/mol. The number of hydrogen-bond donors (Lipinski definition) is 2. The maximum absolute atomic E-state index is 3.49. The lowest BCUT2D eigenvalue weighted by molar-refractivity contribution is 0.588. The summed E-state index contributed by atoms with van der Waals surface area (Å²) in [6.07, 6.45) is 0.235. The Morgan fingerprint density at radius 3 is 1.75 bits per heavy atom. The fourth-order valence-corrected chi connectivity index (χ4v) is 3.19. The van der Waals surface area contributed by atoms with Crippen LogP contribution in [0.1, 0.15) is 11.7 Å². The Balaban J connectivity index is 1.78. The zero-order valence-corrected chi connectivity index (χ0v) is 13.5. The minimum absolute atomic E-state index is 0.235. The molecule has 0 amide bonds. The fourth-order valence-electron chi connectivity index (χ4n) is 3.19. The summed E-state index contributed by atoms with van der Waals surface area (Å²) in [4.78, 5) is 2.29. The molecule has 0 radical (unpaired) electrons. The molecule has 0 aromatic heterocycles. The molecule has 24 heavy (non-hydrogen) atoms. The highest BCUT2D eigenvalue weighted by Crippen LogP contribution is 2.35. The summed E-state index contributed by atoms with van der Waals surface area (Å²) in [5, 5.41) is 6.98. The van der Waals surface area contributed by atoms with Crippen molar-refractivity contribution in [3.8, 4) is 0 Å². The second kappa shape index (κ2) is 6.87. The summed E-state index contributed by atoms with van der Waals surface area (Å²) >= 11 is 0. The molecule has 2 N–H and O–H groups in total. The Morgan fingerprint density at radius 1 is 0.625 bits per heavy atom. The van der Waals surface area contributed by atoms with Gasteiger partial charge in [0.15, 0.2) is 0 Å². The summed E-state index contributed by atoms with van der Waals surface area (Å²) in [7, 11) is 0. The summed E-state index contributed by atoms with van der Waals surface area (Å²) in [6, 6.07) is 29.7. The van der Waals surface area contributed by atoms with Crippen LogP contribution in [0.5, 0.6) is 0 Å². The average molecular weight is 315 g/mol. The summed E-state index contributed by atoms with van der Waals surface area (Å²) in [5.41, 5.74) is 4.75. The van der Waals surface area contributed by atoms with Crippen molar-refractivity contribution in [2.75, 3.05) is 18.0 Å². The average Bonchev–Trinajstić information content (AvgIpc) is 3.19. The molecule has 3 aromatic carbocycles. The number of nitrogens with one attached hydrogen (secondary N) is 2. The maximum Gasteiger partial charge on any atom is 0.0837 e. The molecule has 3 heteroatoms. The van der Waals surface area contributed by atoms with Gasteiger partial charge in [0.05, 0.1) is 6.17 Å². The van der Waals surface area contributed by atoms with Crippen LogP contribution in [-0.2, 0) is 0 Å². The molecular formula is C21H21N3. The number of benzene rings is 3. The number of hydrogen-bond acceptors (Lipinski definition) is 3. The van der Waals surface area contributed by atoms with Crippen molar-refractivity contribution >= 4 is 17.1 Å². The van der Waals surface area contributed by atoms with Crippen LogP contribution in [0.3, 0.4) is 0 Å². The smallest absolute Gasteiger partial charge is 0.0837 e. The third-order valence-corrected chi connectivity index (χ3v) is 4.31. The van der Waals surface area contributed by atoms with E-state index < -0.39 is 0 Å². The van der Waals surface area contributed by atoms with Crippen molar-refractivity contribution in [3.05, 3.63) is 90.5 Å². The predicted molar refractivity (Wildman–Crippen MR) is 99.9 cm³/mol. The third-order valence-electron chi connectivity index (χ3n) is 4.31. The Bertz CT molecular complexity index is 741. The topological polar surface area (TPSA) is 27.3 Å². The molecule has 1 fully saturated rings. The first-order valence-electron chi connectivity index (χ1n) is 8.39. The lowest BCUT2D eigenvalue weighted by Crippen LogP contribution is -2.21. The van der Waals surface area contributed by atoms with Gasteiger partial charge in [-0.2, -0.15) is 0 Å². The van der Waals surface area contributed by atoms with Gasteiger partial charge in [-0.05, 0) is 42.0 Å². The Hall–Kier alpha value is -2.62. The van der Waals surface area contributed by atoms with E-state index in [0.29, 0.717) is 0 Å². The second-order valence-electron chi connectivity index (χ2n) is 5.94. The highest BCUT2D eigenvalue weighted by atomic mass is 15.2. The van der Waals surface area contributed by atoms with Crippen LogP contribution >= 0.6 is 0 Å². The Labute approximate surface area is 142 Å². The first-order valence-corrected chi connectivity index (χ1v) is 8.39. The minimum Gasteiger partial charge on any atom is -0.310 e. The quantitative estimate of drug-likeness (QED) is 0.749. The van der Waals surface area contributed by atoms with E-state index in [-0.39, 0.29) is 6.17 Å². The van der Waals surface area contributed by atoms with Gasteiger partial charge >= 0.3 is 0 Å². The molecule has 0 atom stereocenters. The molecule has 0 aliphatic carbocycles. The van der Waals surface area contributed by atoms with Crippen LogP contribution in [-0.4, -0.2) is 13.1 Å². The molecule has 3 nitrogen and oxygen atoms in total. The van der Waals surface area contributed by atoms with E-state index in [2.05, 4.69) is 100 Å². The largest absolute Gasteiger partial charge is 0.310 e. The monoisotopic (exact) mass is 315 g/mol. The normalized spacial score (nSPS) is 14.7. The van der Waals surface area contributed by atoms with Crippen molar-refractivity contribution in [1.29, 1.82) is 0 Å². The lowest BCUT2D eigenvalue weighted by atomic mass is 10.1. The number of anilines is 3. The maximum atomic E-state index is 3.49. The van der Waals surface area contributed by atoms with Gasteiger partial charge in [-0.1, -0.05) is 48.5 Å². The third kappa shape index (κ3) is 3.04. The van der Waals surface area contributed by atoms with Gasteiger partial charge in [0.25, 0.3) is 0 Å². The molecule has 1 aliphatic rings. The van der Waals surface area contributed by atoms with Gasteiger partial charge in [-0.3, -0.25) is 10.6 Å².